The first kappa shape index (κ1) is 13.2. The number of amidine groups is 1. The largest absolute Gasteiger partial charge is 0.409 e. The maximum absolute atomic E-state index is 12.0. The second-order valence-electron chi connectivity index (χ2n) is 4.33. The lowest BCUT2D eigenvalue weighted by Gasteiger charge is -2.43. The van der Waals surface area contributed by atoms with Crippen molar-refractivity contribution in [2.24, 2.45) is 22.2 Å². The Balaban J connectivity index is 2.61. The number of amides is 1. The van der Waals surface area contributed by atoms with E-state index in [2.05, 4.69) is 17.4 Å². The number of hydrogen-bond acceptors (Lipinski definition) is 4. The van der Waals surface area contributed by atoms with Crippen LogP contribution < -0.4 is 11.1 Å². The normalized spacial score (nSPS) is 29.6. The third-order valence-electron chi connectivity index (χ3n) is 3.02. The van der Waals surface area contributed by atoms with Crippen LogP contribution in [0.15, 0.2) is 5.16 Å². The molecule has 0 heterocycles. The average molecular weight is 245 g/mol. The molecule has 16 heavy (non-hydrogen) atoms. The van der Waals surface area contributed by atoms with Crippen molar-refractivity contribution in [1.82, 2.24) is 5.32 Å². The summed E-state index contributed by atoms with van der Waals surface area (Å²) in [5.74, 6) is 1.24. The van der Waals surface area contributed by atoms with Gasteiger partial charge in [-0.25, -0.2) is 0 Å². The molecule has 1 rings (SSSR count). The molecular weight excluding hydrogens is 226 g/mol. The van der Waals surface area contributed by atoms with Crippen LogP contribution in [0, 0.1) is 11.3 Å². The van der Waals surface area contributed by atoms with Gasteiger partial charge in [0.25, 0.3) is 0 Å². The Bertz CT molecular complexity index is 288. The molecule has 4 N–H and O–H groups in total. The van der Waals surface area contributed by atoms with Crippen LogP contribution in [-0.2, 0) is 4.79 Å². The third-order valence-corrected chi connectivity index (χ3v) is 3.63. The SMILES string of the molecule is CSCCNC(=O)C1(C(N)=NO)CC(C)C1. The van der Waals surface area contributed by atoms with Gasteiger partial charge in [-0.15, -0.1) is 0 Å². The molecular formula is C10H19N3O2S. The molecule has 1 fully saturated rings. The fourth-order valence-corrected chi connectivity index (χ4v) is 2.48. The highest BCUT2D eigenvalue weighted by Gasteiger charge is 2.51. The zero-order valence-electron chi connectivity index (χ0n) is 9.69. The van der Waals surface area contributed by atoms with Crippen molar-refractivity contribution >= 4 is 23.5 Å². The highest BCUT2D eigenvalue weighted by molar-refractivity contribution is 7.98. The molecule has 0 saturated heterocycles. The van der Waals surface area contributed by atoms with Crippen molar-refractivity contribution in [2.75, 3.05) is 18.6 Å². The molecule has 92 valence electrons. The summed E-state index contributed by atoms with van der Waals surface area (Å²) in [5, 5.41) is 14.5. The zero-order chi connectivity index (χ0) is 12.2. The maximum atomic E-state index is 12.0. The number of carbonyl (C=O) groups excluding carboxylic acids is 1. The fraction of sp³-hybridized carbons (Fsp3) is 0.800. The number of nitrogens with zero attached hydrogens (tertiary/aromatic N) is 1. The molecule has 0 aromatic carbocycles. The molecule has 0 atom stereocenters. The second kappa shape index (κ2) is 5.43. The van der Waals surface area contributed by atoms with E-state index in [4.69, 9.17) is 10.9 Å². The van der Waals surface area contributed by atoms with Gasteiger partial charge < -0.3 is 16.3 Å². The summed E-state index contributed by atoms with van der Waals surface area (Å²) in [6.07, 6.45) is 3.30. The first-order chi connectivity index (χ1) is 7.56. The van der Waals surface area contributed by atoms with Crippen molar-refractivity contribution < 1.29 is 10.0 Å². The van der Waals surface area contributed by atoms with Gasteiger partial charge in [-0.2, -0.15) is 11.8 Å². The Hall–Kier alpha value is -0.910. The first-order valence-corrected chi connectivity index (χ1v) is 6.71. The van der Waals surface area contributed by atoms with Gasteiger partial charge >= 0.3 is 0 Å². The van der Waals surface area contributed by atoms with Crippen LogP contribution in [0.25, 0.3) is 0 Å². The number of thioether (sulfide) groups is 1. The Morgan fingerprint density at radius 1 is 1.69 bits per heavy atom. The van der Waals surface area contributed by atoms with Gasteiger partial charge in [0.1, 0.15) is 5.41 Å². The van der Waals surface area contributed by atoms with E-state index in [1.165, 1.54) is 0 Å². The number of oxime groups is 1. The smallest absolute Gasteiger partial charge is 0.234 e. The molecule has 0 aliphatic heterocycles. The summed E-state index contributed by atoms with van der Waals surface area (Å²) in [4.78, 5) is 12.0. The number of nitrogens with two attached hydrogens (primary N) is 1. The van der Waals surface area contributed by atoms with E-state index in [-0.39, 0.29) is 11.7 Å². The molecule has 1 aliphatic carbocycles. The lowest BCUT2D eigenvalue weighted by atomic mass is 9.61. The molecule has 5 nitrogen and oxygen atoms in total. The summed E-state index contributed by atoms with van der Waals surface area (Å²) in [6.45, 7) is 2.67. The van der Waals surface area contributed by atoms with Crippen LogP contribution in [0.3, 0.4) is 0 Å². The molecule has 6 heteroatoms. The molecule has 1 saturated carbocycles. The molecule has 0 radical (unpaired) electrons. The van der Waals surface area contributed by atoms with E-state index in [1.807, 2.05) is 6.26 Å². The molecule has 0 bridgehead atoms. The van der Waals surface area contributed by atoms with Crippen molar-refractivity contribution in [1.29, 1.82) is 0 Å². The lowest BCUT2D eigenvalue weighted by molar-refractivity contribution is -0.133. The van der Waals surface area contributed by atoms with E-state index in [0.717, 1.165) is 5.75 Å². The average Bonchev–Trinajstić information content (AvgIpc) is 2.23. The first-order valence-electron chi connectivity index (χ1n) is 5.32. The molecule has 1 amide bonds. The standard InChI is InChI=1S/C10H19N3O2S/c1-7-5-10(6-7,8(11)13-15)9(14)12-3-4-16-2/h7,15H,3-6H2,1-2H3,(H2,11,13)(H,12,14). The van der Waals surface area contributed by atoms with Gasteiger partial charge in [0.05, 0.1) is 0 Å². The van der Waals surface area contributed by atoms with Crippen LogP contribution in [-0.4, -0.2) is 35.5 Å². The second-order valence-corrected chi connectivity index (χ2v) is 5.32. The minimum Gasteiger partial charge on any atom is -0.409 e. The van der Waals surface area contributed by atoms with Gasteiger partial charge in [0.2, 0.25) is 5.91 Å². The summed E-state index contributed by atoms with van der Waals surface area (Å²) in [6, 6.07) is 0. The van der Waals surface area contributed by atoms with E-state index < -0.39 is 5.41 Å². The van der Waals surface area contributed by atoms with Gasteiger partial charge in [0.15, 0.2) is 5.84 Å². The van der Waals surface area contributed by atoms with Crippen LogP contribution >= 0.6 is 11.8 Å². The highest BCUT2D eigenvalue weighted by atomic mass is 32.2. The predicted molar refractivity (Wildman–Crippen MR) is 65.6 cm³/mol. The van der Waals surface area contributed by atoms with Gasteiger partial charge in [-0.05, 0) is 25.0 Å². The summed E-state index contributed by atoms with van der Waals surface area (Å²) in [5.41, 5.74) is 4.84. The number of hydrogen-bond donors (Lipinski definition) is 3. The molecule has 0 aromatic heterocycles. The molecule has 1 aliphatic rings. The molecule has 0 aromatic rings. The van der Waals surface area contributed by atoms with Crippen molar-refractivity contribution in [3.05, 3.63) is 0 Å². The van der Waals surface area contributed by atoms with Crippen LogP contribution in [0.5, 0.6) is 0 Å². The lowest BCUT2D eigenvalue weighted by Crippen LogP contribution is -2.57. The Morgan fingerprint density at radius 2 is 2.31 bits per heavy atom. The van der Waals surface area contributed by atoms with Gasteiger partial charge in [-0.1, -0.05) is 12.1 Å². The number of nitrogens with one attached hydrogen (secondary N) is 1. The van der Waals surface area contributed by atoms with Crippen molar-refractivity contribution in [2.45, 2.75) is 19.8 Å². The van der Waals surface area contributed by atoms with Gasteiger partial charge in [-0.3, -0.25) is 4.79 Å². The summed E-state index contributed by atoms with van der Waals surface area (Å²) < 4.78 is 0. The van der Waals surface area contributed by atoms with E-state index in [9.17, 15) is 4.79 Å². The summed E-state index contributed by atoms with van der Waals surface area (Å²) >= 11 is 1.67. The van der Waals surface area contributed by atoms with Crippen LogP contribution in [0.1, 0.15) is 19.8 Å². The van der Waals surface area contributed by atoms with Crippen molar-refractivity contribution in [3.63, 3.8) is 0 Å². The number of rotatable bonds is 5. The highest BCUT2D eigenvalue weighted by Crippen LogP contribution is 2.45. The predicted octanol–water partition coefficient (Wildman–Crippen LogP) is 0.628. The number of carbonyl (C=O) groups is 1. The van der Waals surface area contributed by atoms with E-state index >= 15 is 0 Å². The fourth-order valence-electron chi connectivity index (χ4n) is 2.17. The Morgan fingerprint density at radius 3 is 2.75 bits per heavy atom. The maximum Gasteiger partial charge on any atom is 0.234 e. The van der Waals surface area contributed by atoms with Crippen LogP contribution in [0.4, 0.5) is 0 Å². The Kier molecular flexibility index (Phi) is 4.46. The molecule has 0 spiro atoms. The van der Waals surface area contributed by atoms with E-state index in [0.29, 0.717) is 25.3 Å². The minimum absolute atomic E-state index is 0.0345. The molecule has 0 unspecified atom stereocenters. The quantitative estimate of drug-likeness (QED) is 0.218. The van der Waals surface area contributed by atoms with E-state index in [1.54, 1.807) is 11.8 Å². The minimum atomic E-state index is -0.771. The third kappa shape index (κ3) is 2.42. The monoisotopic (exact) mass is 245 g/mol. The topological polar surface area (TPSA) is 87.7 Å². The van der Waals surface area contributed by atoms with Crippen LogP contribution in [0.2, 0.25) is 0 Å². The van der Waals surface area contributed by atoms with Crippen molar-refractivity contribution in [3.8, 4) is 0 Å². The zero-order valence-corrected chi connectivity index (χ0v) is 10.5. The Labute approximate surface area is 99.8 Å². The summed E-state index contributed by atoms with van der Waals surface area (Å²) in [7, 11) is 0. The van der Waals surface area contributed by atoms with Gasteiger partial charge in [0, 0.05) is 12.3 Å².